The van der Waals surface area contributed by atoms with Gasteiger partial charge in [0.2, 0.25) is 12.2 Å². The largest absolute Gasteiger partial charge is 0.456 e. The Kier molecular flexibility index (Phi) is 8.85. The van der Waals surface area contributed by atoms with Gasteiger partial charge in [0.25, 0.3) is 11.5 Å². The van der Waals surface area contributed by atoms with Crippen molar-refractivity contribution in [2.24, 2.45) is 5.73 Å². The Morgan fingerprint density at radius 2 is 1.79 bits per heavy atom. The number of benzene rings is 1. The third-order valence-corrected chi connectivity index (χ3v) is 6.39. The Morgan fingerprint density at radius 1 is 1.12 bits per heavy atom. The van der Waals surface area contributed by atoms with Crippen molar-refractivity contribution >= 4 is 17.5 Å². The zero-order chi connectivity index (χ0) is 30.9. The molecule has 0 spiro atoms. The lowest BCUT2D eigenvalue weighted by Crippen LogP contribution is -2.53. The second-order valence-corrected chi connectivity index (χ2v) is 9.19. The lowest BCUT2D eigenvalue weighted by molar-refractivity contribution is -0.241. The molecule has 2 aliphatic rings. The number of primary amides is 1. The van der Waals surface area contributed by atoms with E-state index in [4.69, 9.17) is 24.7 Å². The topological polar surface area (TPSA) is 225 Å². The number of nitrogens with one attached hydrogen (secondary N) is 2. The standard InChI is InChI=1S/C24H25F3N4O11/c1-39-16-15(35)21(31-7-6-13(33)30-23(31)38)41-17(16)18(19(28)36)42-22-14(34)11(32)8-12(40-22)20(37)29-10-4-2-9(3-5-10)24(25,26)27/h2-8,11,14-18,21-22,32,34-35H,1H3,(H2,28,36)(H,29,37)(H,30,33,38)/t11-,14-,15+,16-,17-,18?,21+,22+/m0/s1. The van der Waals surface area contributed by atoms with Crippen LogP contribution in [-0.4, -0.2) is 86.7 Å². The second-order valence-electron chi connectivity index (χ2n) is 9.19. The van der Waals surface area contributed by atoms with E-state index in [2.05, 4.69) is 5.32 Å². The molecule has 2 amide bonds. The maximum atomic E-state index is 12.8. The lowest BCUT2D eigenvalue weighted by Gasteiger charge is -2.35. The number of hydrogen-bond donors (Lipinski definition) is 6. The molecule has 1 aromatic heterocycles. The van der Waals surface area contributed by atoms with Crippen molar-refractivity contribution in [1.82, 2.24) is 9.55 Å². The number of nitrogens with two attached hydrogens (primary N) is 1. The molecule has 0 aliphatic carbocycles. The number of aliphatic hydroxyl groups excluding tert-OH is 3. The van der Waals surface area contributed by atoms with Gasteiger partial charge < -0.3 is 45.3 Å². The number of H-pyrrole nitrogens is 1. The highest BCUT2D eigenvalue weighted by Gasteiger charge is 2.52. The number of alkyl halides is 3. The normalized spacial score (nSPS) is 28.5. The fraction of sp³-hybridized carbons (Fsp3) is 0.417. The van der Waals surface area contributed by atoms with E-state index in [1.165, 1.54) is 0 Å². The molecule has 1 fully saturated rings. The number of hydrogen-bond acceptors (Lipinski definition) is 11. The predicted octanol–water partition coefficient (Wildman–Crippen LogP) is -1.70. The number of ether oxygens (including phenoxy) is 4. The van der Waals surface area contributed by atoms with E-state index in [0.29, 0.717) is 0 Å². The summed E-state index contributed by atoms with van der Waals surface area (Å²) in [5, 5.41) is 33.7. The van der Waals surface area contributed by atoms with E-state index in [-0.39, 0.29) is 5.69 Å². The van der Waals surface area contributed by atoms with Gasteiger partial charge in [0.1, 0.15) is 30.5 Å². The third kappa shape index (κ3) is 6.37. The quantitative estimate of drug-likeness (QED) is 0.200. The molecule has 42 heavy (non-hydrogen) atoms. The average molecular weight is 602 g/mol. The van der Waals surface area contributed by atoms with Crippen LogP contribution >= 0.6 is 0 Å². The third-order valence-electron chi connectivity index (χ3n) is 6.39. The van der Waals surface area contributed by atoms with Crippen molar-refractivity contribution in [3.63, 3.8) is 0 Å². The van der Waals surface area contributed by atoms with Crippen LogP contribution in [0.1, 0.15) is 11.8 Å². The Bertz CT molecular complexity index is 1460. The zero-order valence-electron chi connectivity index (χ0n) is 21.4. The summed E-state index contributed by atoms with van der Waals surface area (Å²) in [6.07, 6.45) is -16.3. The summed E-state index contributed by atoms with van der Waals surface area (Å²) in [7, 11) is 1.14. The number of aromatic nitrogens is 2. The number of aromatic amines is 1. The van der Waals surface area contributed by atoms with Crippen LogP contribution < -0.4 is 22.3 Å². The smallest absolute Gasteiger partial charge is 0.416 e. The summed E-state index contributed by atoms with van der Waals surface area (Å²) in [5.41, 5.74) is 2.77. The SMILES string of the molecule is CO[C@H]1[C@@H](O)[C@H](n2ccc(=O)[nH]c2=O)O[C@@H]1C(O[C@H]1OC(C(=O)Nc2ccc(C(F)(F)F)cc2)=C[C@H](O)[C@@H]1O)C(N)=O. The summed E-state index contributed by atoms with van der Waals surface area (Å²) >= 11 is 0. The van der Waals surface area contributed by atoms with Gasteiger partial charge in [-0.15, -0.1) is 0 Å². The summed E-state index contributed by atoms with van der Waals surface area (Å²) in [6, 6.07) is 4.38. The van der Waals surface area contributed by atoms with E-state index in [1.807, 2.05) is 4.98 Å². The molecular weight excluding hydrogens is 577 g/mol. The molecule has 18 heteroatoms. The Labute approximate surface area is 232 Å². The number of halogens is 3. The number of rotatable bonds is 8. The monoisotopic (exact) mass is 602 g/mol. The van der Waals surface area contributed by atoms with Crippen LogP contribution in [0, 0.1) is 0 Å². The first-order valence-electron chi connectivity index (χ1n) is 12.1. The van der Waals surface area contributed by atoms with Gasteiger partial charge in [-0.05, 0) is 30.3 Å². The van der Waals surface area contributed by atoms with Crippen LogP contribution in [0.4, 0.5) is 18.9 Å². The van der Waals surface area contributed by atoms with Crippen LogP contribution in [0.5, 0.6) is 0 Å². The molecule has 15 nitrogen and oxygen atoms in total. The molecule has 7 N–H and O–H groups in total. The van der Waals surface area contributed by atoms with Crippen molar-refractivity contribution in [1.29, 1.82) is 0 Å². The molecule has 4 rings (SSSR count). The van der Waals surface area contributed by atoms with E-state index in [0.717, 1.165) is 54.3 Å². The van der Waals surface area contributed by atoms with E-state index in [9.17, 15) is 47.7 Å². The molecule has 1 aromatic carbocycles. The van der Waals surface area contributed by atoms with Crippen molar-refractivity contribution in [3.8, 4) is 0 Å². The van der Waals surface area contributed by atoms with Crippen molar-refractivity contribution in [3.05, 3.63) is 74.8 Å². The summed E-state index contributed by atoms with van der Waals surface area (Å²) in [6.45, 7) is 0. The predicted molar refractivity (Wildman–Crippen MR) is 131 cm³/mol. The van der Waals surface area contributed by atoms with E-state index < -0.39 is 89.7 Å². The Morgan fingerprint density at radius 3 is 2.36 bits per heavy atom. The zero-order valence-corrected chi connectivity index (χ0v) is 21.4. The van der Waals surface area contributed by atoms with Crippen LogP contribution in [-0.2, 0) is 34.7 Å². The first kappa shape index (κ1) is 30.9. The minimum Gasteiger partial charge on any atom is -0.456 e. The van der Waals surface area contributed by atoms with Gasteiger partial charge >= 0.3 is 11.9 Å². The lowest BCUT2D eigenvalue weighted by atomic mass is 10.0. The molecule has 1 saturated heterocycles. The molecule has 2 aromatic rings. The van der Waals surface area contributed by atoms with Gasteiger partial charge in [0.15, 0.2) is 18.1 Å². The number of carbonyl (C=O) groups is 2. The van der Waals surface area contributed by atoms with Gasteiger partial charge in [-0.25, -0.2) is 4.79 Å². The first-order valence-corrected chi connectivity index (χ1v) is 12.1. The molecular formula is C24H25F3N4O11. The number of aliphatic hydroxyl groups is 3. The number of carbonyl (C=O) groups excluding carboxylic acids is 2. The van der Waals surface area contributed by atoms with Gasteiger partial charge in [0, 0.05) is 25.1 Å². The number of nitrogens with zero attached hydrogens (tertiary/aromatic N) is 1. The van der Waals surface area contributed by atoms with Gasteiger partial charge in [-0.3, -0.25) is 23.9 Å². The van der Waals surface area contributed by atoms with Gasteiger partial charge in [-0.2, -0.15) is 13.2 Å². The van der Waals surface area contributed by atoms with Gasteiger partial charge in [0.05, 0.1) is 5.56 Å². The van der Waals surface area contributed by atoms with Crippen molar-refractivity contribution in [2.75, 3.05) is 12.4 Å². The molecule has 228 valence electrons. The van der Waals surface area contributed by atoms with Crippen molar-refractivity contribution in [2.45, 2.75) is 55.3 Å². The van der Waals surface area contributed by atoms with E-state index in [1.54, 1.807) is 0 Å². The second kappa shape index (κ2) is 12.0. The molecule has 8 atom stereocenters. The summed E-state index contributed by atoms with van der Waals surface area (Å²) in [4.78, 5) is 50.8. The minimum atomic E-state index is -4.60. The van der Waals surface area contributed by atoms with Crippen LogP contribution in [0.3, 0.4) is 0 Å². The van der Waals surface area contributed by atoms with Crippen LogP contribution in [0.15, 0.2) is 58.0 Å². The number of methoxy groups -OCH3 is 1. The molecule has 3 heterocycles. The fourth-order valence-electron chi connectivity index (χ4n) is 4.32. The highest BCUT2D eigenvalue weighted by molar-refractivity contribution is 6.02. The maximum absolute atomic E-state index is 12.8. The highest BCUT2D eigenvalue weighted by Crippen LogP contribution is 2.34. The Hall–Kier alpha value is -4.07. The average Bonchev–Trinajstić information content (AvgIpc) is 3.24. The fourth-order valence-corrected chi connectivity index (χ4v) is 4.32. The molecule has 2 aliphatic heterocycles. The molecule has 0 bridgehead atoms. The number of amides is 2. The molecule has 0 saturated carbocycles. The summed E-state index contributed by atoms with van der Waals surface area (Å²) < 4.78 is 61.0. The summed E-state index contributed by atoms with van der Waals surface area (Å²) in [5.74, 6) is -2.90. The van der Waals surface area contributed by atoms with E-state index >= 15 is 0 Å². The van der Waals surface area contributed by atoms with Crippen LogP contribution in [0.2, 0.25) is 0 Å². The molecule has 1 unspecified atom stereocenters. The van der Waals surface area contributed by atoms with Crippen LogP contribution in [0.25, 0.3) is 0 Å². The highest BCUT2D eigenvalue weighted by atomic mass is 19.4. The minimum absolute atomic E-state index is 0.0644. The van der Waals surface area contributed by atoms with Gasteiger partial charge in [-0.1, -0.05) is 0 Å². The maximum Gasteiger partial charge on any atom is 0.416 e. The number of anilines is 1. The molecule has 0 radical (unpaired) electrons. The first-order chi connectivity index (χ1) is 19.7. The Balaban J connectivity index is 1.52. The van der Waals surface area contributed by atoms with Crippen molar-refractivity contribution < 1.29 is 57.0 Å².